The van der Waals surface area contributed by atoms with Crippen molar-refractivity contribution in [3.63, 3.8) is 0 Å². The van der Waals surface area contributed by atoms with Crippen LogP contribution in [0.2, 0.25) is 0 Å². The molecule has 2 aromatic carbocycles. The molecule has 0 radical (unpaired) electrons. The van der Waals surface area contributed by atoms with E-state index in [0.717, 1.165) is 26.1 Å². The second-order valence-electron chi connectivity index (χ2n) is 6.74. The highest BCUT2D eigenvalue weighted by atomic mass is 35.5. The molecule has 0 aliphatic carbocycles. The maximum atomic E-state index is 12.5. The number of halogens is 2. The van der Waals surface area contributed by atoms with Crippen molar-refractivity contribution in [2.24, 2.45) is 0 Å². The van der Waals surface area contributed by atoms with E-state index >= 15 is 0 Å². The number of nitrogens with zero attached hydrogens (tertiary/aromatic N) is 1. The third-order valence-corrected chi connectivity index (χ3v) is 4.78. The minimum atomic E-state index is -0.104. The van der Waals surface area contributed by atoms with Crippen molar-refractivity contribution in [2.75, 3.05) is 25.4 Å². The first-order chi connectivity index (χ1) is 12.7. The molecule has 0 saturated carbocycles. The lowest BCUT2D eigenvalue weighted by molar-refractivity contribution is -0.0483. The molecule has 5 nitrogen and oxygen atoms in total. The number of nitrogen functional groups attached to an aromatic ring is 1. The Bertz CT molecular complexity index is 731. The fourth-order valence-electron chi connectivity index (χ4n) is 3.35. The lowest BCUT2D eigenvalue weighted by Gasteiger charge is -2.37. The first kappa shape index (κ1) is 24.2. The SMILES string of the molecule is CCC(NC(=O)c1cccc(N)c1)C1CN(Cc2ccccc2)CCO1.Cl.Cl. The summed E-state index contributed by atoms with van der Waals surface area (Å²) < 4.78 is 5.98. The number of morpholine rings is 1. The molecule has 1 aliphatic heterocycles. The van der Waals surface area contributed by atoms with Gasteiger partial charge in [-0.1, -0.05) is 43.3 Å². The van der Waals surface area contributed by atoms with Crippen LogP contribution in [0.15, 0.2) is 54.6 Å². The van der Waals surface area contributed by atoms with Gasteiger partial charge in [-0.3, -0.25) is 9.69 Å². The predicted octanol–water partition coefficient (Wildman–Crippen LogP) is 3.52. The van der Waals surface area contributed by atoms with Crippen LogP contribution < -0.4 is 11.1 Å². The number of benzene rings is 2. The van der Waals surface area contributed by atoms with Crippen LogP contribution in [0.5, 0.6) is 0 Å². The number of amides is 1. The van der Waals surface area contributed by atoms with Crippen LogP contribution in [0.4, 0.5) is 5.69 Å². The fraction of sp³-hybridized carbons (Fsp3) is 0.381. The third kappa shape index (κ3) is 6.67. The highest BCUT2D eigenvalue weighted by Gasteiger charge is 2.28. The molecule has 154 valence electrons. The summed E-state index contributed by atoms with van der Waals surface area (Å²) in [7, 11) is 0. The van der Waals surface area contributed by atoms with Crippen molar-refractivity contribution in [1.82, 2.24) is 10.2 Å². The quantitative estimate of drug-likeness (QED) is 0.694. The summed E-state index contributed by atoms with van der Waals surface area (Å²) in [5.41, 5.74) is 8.25. The van der Waals surface area contributed by atoms with Crippen molar-refractivity contribution >= 4 is 36.4 Å². The zero-order valence-electron chi connectivity index (χ0n) is 16.0. The molecule has 1 heterocycles. The smallest absolute Gasteiger partial charge is 0.251 e. The van der Waals surface area contributed by atoms with Gasteiger partial charge in [0, 0.05) is 30.9 Å². The molecule has 1 amide bonds. The largest absolute Gasteiger partial charge is 0.399 e. The molecule has 0 aromatic heterocycles. The summed E-state index contributed by atoms with van der Waals surface area (Å²) >= 11 is 0. The molecule has 1 saturated heterocycles. The third-order valence-electron chi connectivity index (χ3n) is 4.78. The molecule has 2 aromatic rings. The maximum absolute atomic E-state index is 12.5. The van der Waals surface area contributed by atoms with Crippen LogP contribution >= 0.6 is 24.8 Å². The summed E-state index contributed by atoms with van der Waals surface area (Å²) in [5, 5.41) is 3.12. The van der Waals surface area contributed by atoms with E-state index in [9.17, 15) is 4.79 Å². The summed E-state index contributed by atoms with van der Waals surface area (Å²) in [6.45, 7) is 5.38. The van der Waals surface area contributed by atoms with E-state index in [-0.39, 0.29) is 42.9 Å². The number of rotatable bonds is 6. The number of hydrogen-bond acceptors (Lipinski definition) is 4. The monoisotopic (exact) mass is 425 g/mol. The van der Waals surface area contributed by atoms with E-state index in [1.54, 1.807) is 24.3 Å². The predicted molar refractivity (Wildman–Crippen MR) is 118 cm³/mol. The van der Waals surface area contributed by atoms with Gasteiger partial charge in [0.05, 0.1) is 18.8 Å². The van der Waals surface area contributed by atoms with Crippen LogP contribution in [0.1, 0.15) is 29.3 Å². The molecular formula is C21H29Cl2N3O2. The molecule has 28 heavy (non-hydrogen) atoms. The van der Waals surface area contributed by atoms with Gasteiger partial charge in [-0.2, -0.15) is 0 Å². The van der Waals surface area contributed by atoms with E-state index in [0.29, 0.717) is 17.9 Å². The summed E-state index contributed by atoms with van der Waals surface area (Å²) in [4.78, 5) is 14.9. The zero-order chi connectivity index (χ0) is 18.4. The van der Waals surface area contributed by atoms with Crippen molar-refractivity contribution < 1.29 is 9.53 Å². The molecule has 0 bridgehead atoms. The molecule has 3 rings (SSSR count). The minimum Gasteiger partial charge on any atom is -0.399 e. The number of carbonyl (C=O) groups excluding carboxylic acids is 1. The molecule has 2 unspecified atom stereocenters. The van der Waals surface area contributed by atoms with Crippen molar-refractivity contribution in [3.05, 3.63) is 65.7 Å². The highest BCUT2D eigenvalue weighted by Crippen LogP contribution is 2.15. The average Bonchev–Trinajstić information content (AvgIpc) is 2.67. The van der Waals surface area contributed by atoms with Gasteiger partial charge < -0.3 is 15.8 Å². The number of anilines is 1. The topological polar surface area (TPSA) is 67.6 Å². The molecular weight excluding hydrogens is 397 g/mol. The Morgan fingerprint density at radius 3 is 2.64 bits per heavy atom. The van der Waals surface area contributed by atoms with Gasteiger partial charge in [-0.15, -0.1) is 24.8 Å². The fourth-order valence-corrected chi connectivity index (χ4v) is 3.35. The van der Waals surface area contributed by atoms with Crippen LogP contribution in [0.3, 0.4) is 0 Å². The van der Waals surface area contributed by atoms with E-state index in [4.69, 9.17) is 10.5 Å². The Kier molecular flexibility index (Phi) is 10.3. The lowest BCUT2D eigenvalue weighted by atomic mass is 10.0. The van der Waals surface area contributed by atoms with Gasteiger partial charge in [-0.25, -0.2) is 0 Å². The molecule has 2 atom stereocenters. The molecule has 3 N–H and O–H groups in total. The van der Waals surface area contributed by atoms with Crippen LogP contribution in [0, 0.1) is 0 Å². The Labute approximate surface area is 179 Å². The second kappa shape index (κ2) is 11.9. The molecule has 1 fully saturated rings. The Morgan fingerprint density at radius 2 is 1.96 bits per heavy atom. The molecule has 1 aliphatic rings. The van der Waals surface area contributed by atoms with E-state index in [1.165, 1.54) is 5.56 Å². The van der Waals surface area contributed by atoms with E-state index < -0.39 is 0 Å². The summed E-state index contributed by atoms with van der Waals surface area (Å²) in [5.74, 6) is -0.104. The number of carbonyl (C=O) groups is 1. The van der Waals surface area contributed by atoms with Crippen molar-refractivity contribution in [2.45, 2.75) is 32.0 Å². The normalized spacial score (nSPS) is 17.7. The number of hydrogen-bond donors (Lipinski definition) is 2. The highest BCUT2D eigenvalue weighted by molar-refractivity contribution is 5.95. The number of nitrogens with one attached hydrogen (secondary N) is 1. The van der Waals surface area contributed by atoms with E-state index in [2.05, 4.69) is 41.4 Å². The first-order valence-corrected chi connectivity index (χ1v) is 9.20. The maximum Gasteiger partial charge on any atom is 0.251 e. The Hall–Kier alpha value is -1.79. The van der Waals surface area contributed by atoms with Crippen molar-refractivity contribution in [1.29, 1.82) is 0 Å². The van der Waals surface area contributed by atoms with Crippen LogP contribution in [-0.4, -0.2) is 42.6 Å². The van der Waals surface area contributed by atoms with Gasteiger partial charge >= 0.3 is 0 Å². The van der Waals surface area contributed by atoms with Crippen molar-refractivity contribution in [3.8, 4) is 0 Å². The Morgan fingerprint density at radius 1 is 1.21 bits per heavy atom. The summed E-state index contributed by atoms with van der Waals surface area (Å²) in [6.07, 6.45) is 0.806. The Balaban J connectivity index is 0.00000196. The number of nitrogens with two attached hydrogens (primary N) is 1. The van der Waals surface area contributed by atoms with Gasteiger partial charge in [-0.05, 0) is 30.2 Å². The molecule has 0 spiro atoms. The average molecular weight is 426 g/mol. The zero-order valence-corrected chi connectivity index (χ0v) is 17.7. The van der Waals surface area contributed by atoms with E-state index in [1.807, 2.05) is 6.07 Å². The van der Waals surface area contributed by atoms with Crippen LogP contribution in [-0.2, 0) is 11.3 Å². The standard InChI is InChI=1S/C21H27N3O2.2ClH/c1-2-19(23-21(25)17-9-6-10-18(22)13-17)20-15-24(11-12-26-20)14-16-7-4-3-5-8-16;;/h3-10,13,19-20H,2,11-12,14-15,22H2,1H3,(H,23,25);2*1H. The lowest BCUT2D eigenvalue weighted by Crippen LogP contribution is -2.53. The van der Waals surface area contributed by atoms with Gasteiger partial charge in [0.15, 0.2) is 0 Å². The second-order valence-corrected chi connectivity index (χ2v) is 6.74. The number of ether oxygens (including phenoxy) is 1. The van der Waals surface area contributed by atoms with Gasteiger partial charge in [0.1, 0.15) is 0 Å². The molecule has 7 heteroatoms. The minimum absolute atomic E-state index is 0. The van der Waals surface area contributed by atoms with Crippen LogP contribution in [0.25, 0.3) is 0 Å². The summed E-state index contributed by atoms with van der Waals surface area (Å²) in [6, 6.07) is 17.5. The van der Waals surface area contributed by atoms with Gasteiger partial charge in [0.2, 0.25) is 0 Å². The first-order valence-electron chi connectivity index (χ1n) is 9.20. The van der Waals surface area contributed by atoms with Gasteiger partial charge in [0.25, 0.3) is 5.91 Å².